The molecule has 1 amide bonds. The minimum atomic E-state index is -0.817. The molecule has 0 aromatic heterocycles. The first-order valence-electron chi connectivity index (χ1n) is 8.67. The van der Waals surface area contributed by atoms with Gasteiger partial charge in [0.05, 0.1) is 13.2 Å². The molecule has 3 rings (SSSR count). The number of rotatable bonds is 6. The lowest BCUT2D eigenvalue weighted by Gasteiger charge is -2.28. The molecule has 2 N–H and O–H groups in total. The standard InChI is InChI=1S/C20H22N2O4/c23-19(24)10-3-15-1-6-17(7-2-15)21-20(25)16-4-8-18(9-5-16)22-11-13-26-14-12-22/h1-2,4-9H,3,10-14H2,(H,21,25)(H,23,24). The van der Waals surface area contributed by atoms with Gasteiger partial charge in [-0.2, -0.15) is 0 Å². The van der Waals surface area contributed by atoms with E-state index in [2.05, 4.69) is 10.2 Å². The number of aliphatic carboxylic acids is 1. The smallest absolute Gasteiger partial charge is 0.303 e. The molecule has 1 heterocycles. The fraction of sp³-hybridized carbons (Fsp3) is 0.300. The van der Waals surface area contributed by atoms with Crippen LogP contribution >= 0.6 is 0 Å². The number of benzene rings is 2. The lowest BCUT2D eigenvalue weighted by Crippen LogP contribution is -2.36. The van der Waals surface area contributed by atoms with Gasteiger partial charge in [-0.1, -0.05) is 12.1 Å². The van der Waals surface area contributed by atoms with Crippen LogP contribution in [0.25, 0.3) is 0 Å². The number of carboxylic acids is 1. The third kappa shape index (κ3) is 4.83. The third-order valence-corrected chi connectivity index (χ3v) is 4.35. The molecule has 0 radical (unpaired) electrons. The SMILES string of the molecule is O=C(O)CCc1ccc(NC(=O)c2ccc(N3CCOCC3)cc2)cc1. The first-order valence-corrected chi connectivity index (χ1v) is 8.67. The molecule has 0 spiro atoms. The molecule has 2 aromatic carbocycles. The minimum absolute atomic E-state index is 0.0984. The van der Waals surface area contributed by atoms with Crippen LogP contribution in [-0.2, 0) is 16.0 Å². The summed E-state index contributed by atoms with van der Waals surface area (Å²) in [6, 6.07) is 14.8. The summed E-state index contributed by atoms with van der Waals surface area (Å²) >= 11 is 0. The van der Waals surface area contributed by atoms with Gasteiger partial charge in [-0.25, -0.2) is 0 Å². The predicted molar refractivity (Wildman–Crippen MR) is 99.8 cm³/mol. The summed E-state index contributed by atoms with van der Waals surface area (Å²) in [5.41, 5.74) is 3.30. The van der Waals surface area contributed by atoms with Crippen LogP contribution < -0.4 is 10.2 Å². The normalized spacial score (nSPS) is 14.1. The number of carbonyl (C=O) groups excluding carboxylic acids is 1. The summed E-state index contributed by atoms with van der Waals surface area (Å²) in [6.07, 6.45) is 0.577. The van der Waals surface area contributed by atoms with Gasteiger partial charge < -0.3 is 20.1 Å². The Labute approximate surface area is 152 Å². The Hall–Kier alpha value is -2.86. The van der Waals surface area contributed by atoms with Crippen LogP contribution in [0.4, 0.5) is 11.4 Å². The maximum absolute atomic E-state index is 12.4. The van der Waals surface area contributed by atoms with Gasteiger partial charge in [0, 0.05) is 36.4 Å². The van der Waals surface area contributed by atoms with Crippen LogP contribution in [0.2, 0.25) is 0 Å². The van der Waals surface area contributed by atoms with E-state index in [-0.39, 0.29) is 12.3 Å². The molecule has 6 nitrogen and oxygen atoms in total. The highest BCUT2D eigenvalue weighted by Gasteiger charge is 2.12. The van der Waals surface area contributed by atoms with Crippen molar-refractivity contribution < 1.29 is 19.4 Å². The van der Waals surface area contributed by atoms with Crippen LogP contribution in [0.3, 0.4) is 0 Å². The Morgan fingerprint density at radius 3 is 2.27 bits per heavy atom. The van der Waals surface area contributed by atoms with Gasteiger partial charge in [0.15, 0.2) is 0 Å². The Bertz CT molecular complexity index is 750. The molecule has 0 aliphatic carbocycles. The molecule has 1 aliphatic heterocycles. The first kappa shape index (κ1) is 17.9. The average Bonchev–Trinajstić information content (AvgIpc) is 2.68. The Balaban J connectivity index is 1.58. The lowest BCUT2D eigenvalue weighted by atomic mass is 10.1. The van der Waals surface area contributed by atoms with E-state index in [1.807, 2.05) is 36.4 Å². The van der Waals surface area contributed by atoms with E-state index < -0.39 is 5.97 Å². The predicted octanol–water partition coefficient (Wildman–Crippen LogP) is 2.79. The number of nitrogens with zero attached hydrogens (tertiary/aromatic N) is 1. The van der Waals surface area contributed by atoms with Crippen molar-refractivity contribution in [3.63, 3.8) is 0 Å². The maximum Gasteiger partial charge on any atom is 0.303 e. The van der Waals surface area contributed by atoms with Crippen molar-refractivity contribution in [3.8, 4) is 0 Å². The van der Waals surface area contributed by atoms with Crippen LogP contribution in [0.5, 0.6) is 0 Å². The van der Waals surface area contributed by atoms with Gasteiger partial charge in [-0.15, -0.1) is 0 Å². The van der Waals surface area contributed by atoms with Gasteiger partial charge in [0.1, 0.15) is 0 Å². The molecule has 2 aromatic rings. The number of nitrogens with one attached hydrogen (secondary N) is 1. The van der Waals surface area contributed by atoms with Crippen molar-refractivity contribution in [2.24, 2.45) is 0 Å². The van der Waals surface area contributed by atoms with E-state index >= 15 is 0 Å². The summed E-state index contributed by atoms with van der Waals surface area (Å²) < 4.78 is 5.35. The number of anilines is 2. The lowest BCUT2D eigenvalue weighted by molar-refractivity contribution is -0.136. The summed E-state index contributed by atoms with van der Waals surface area (Å²) in [5, 5.41) is 11.6. The van der Waals surface area contributed by atoms with Gasteiger partial charge in [-0.05, 0) is 48.4 Å². The van der Waals surface area contributed by atoms with E-state index in [0.29, 0.717) is 17.7 Å². The molecular weight excluding hydrogens is 332 g/mol. The fourth-order valence-electron chi connectivity index (χ4n) is 2.85. The zero-order valence-electron chi connectivity index (χ0n) is 14.5. The number of carbonyl (C=O) groups is 2. The highest BCUT2D eigenvalue weighted by Crippen LogP contribution is 2.18. The molecule has 6 heteroatoms. The molecule has 1 aliphatic rings. The molecule has 0 bridgehead atoms. The maximum atomic E-state index is 12.4. The van der Waals surface area contributed by atoms with E-state index in [1.54, 1.807) is 12.1 Å². The highest BCUT2D eigenvalue weighted by atomic mass is 16.5. The highest BCUT2D eigenvalue weighted by molar-refractivity contribution is 6.04. The second-order valence-electron chi connectivity index (χ2n) is 6.19. The van der Waals surface area contributed by atoms with Crippen LogP contribution in [0.15, 0.2) is 48.5 Å². The Kier molecular flexibility index (Phi) is 5.86. The quantitative estimate of drug-likeness (QED) is 0.834. The van der Waals surface area contributed by atoms with Crippen molar-refractivity contribution in [1.82, 2.24) is 0 Å². The van der Waals surface area contributed by atoms with Crippen molar-refractivity contribution in [3.05, 3.63) is 59.7 Å². The number of ether oxygens (including phenoxy) is 1. The molecule has 1 fully saturated rings. The molecule has 0 atom stereocenters. The fourth-order valence-corrected chi connectivity index (χ4v) is 2.85. The van der Waals surface area contributed by atoms with E-state index in [0.717, 1.165) is 37.6 Å². The molecule has 136 valence electrons. The molecule has 0 saturated carbocycles. The first-order chi connectivity index (χ1) is 12.6. The number of morpholine rings is 1. The van der Waals surface area contributed by atoms with Crippen LogP contribution in [-0.4, -0.2) is 43.3 Å². The summed E-state index contributed by atoms with van der Waals surface area (Å²) in [7, 11) is 0. The van der Waals surface area contributed by atoms with Crippen molar-refractivity contribution in [2.45, 2.75) is 12.8 Å². The third-order valence-electron chi connectivity index (χ3n) is 4.35. The van der Waals surface area contributed by atoms with E-state index in [4.69, 9.17) is 9.84 Å². The summed E-state index contributed by atoms with van der Waals surface area (Å²) in [6.45, 7) is 3.18. The van der Waals surface area contributed by atoms with E-state index in [9.17, 15) is 9.59 Å². The largest absolute Gasteiger partial charge is 0.481 e. The van der Waals surface area contributed by atoms with Crippen LogP contribution in [0.1, 0.15) is 22.3 Å². The molecular formula is C20H22N2O4. The van der Waals surface area contributed by atoms with Gasteiger partial charge in [-0.3, -0.25) is 9.59 Å². The number of hydrogen-bond acceptors (Lipinski definition) is 4. The second kappa shape index (κ2) is 8.49. The number of aryl methyl sites for hydroxylation is 1. The van der Waals surface area contributed by atoms with Crippen molar-refractivity contribution in [2.75, 3.05) is 36.5 Å². The van der Waals surface area contributed by atoms with Gasteiger partial charge >= 0.3 is 5.97 Å². The zero-order valence-corrected chi connectivity index (χ0v) is 14.5. The molecule has 1 saturated heterocycles. The number of amides is 1. The van der Waals surface area contributed by atoms with E-state index in [1.165, 1.54) is 0 Å². The monoisotopic (exact) mass is 354 g/mol. The molecule has 26 heavy (non-hydrogen) atoms. The Morgan fingerprint density at radius 2 is 1.65 bits per heavy atom. The topological polar surface area (TPSA) is 78.9 Å². The molecule has 0 unspecified atom stereocenters. The average molecular weight is 354 g/mol. The minimum Gasteiger partial charge on any atom is -0.481 e. The van der Waals surface area contributed by atoms with Gasteiger partial charge in [0.2, 0.25) is 0 Å². The van der Waals surface area contributed by atoms with Crippen LogP contribution in [0, 0.1) is 0 Å². The number of carboxylic acid groups (broad SMARTS) is 1. The Morgan fingerprint density at radius 1 is 1.00 bits per heavy atom. The second-order valence-corrected chi connectivity index (χ2v) is 6.19. The number of hydrogen-bond donors (Lipinski definition) is 2. The van der Waals surface area contributed by atoms with Crippen molar-refractivity contribution >= 4 is 23.3 Å². The van der Waals surface area contributed by atoms with Crippen molar-refractivity contribution in [1.29, 1.82) is 0 Å². The zero-order chi connectivity index (χ0) is 18.4. The van der Waals surface area contributed by atoms with Gasteiger partial charge in [0.25, 0.3) is 5.91 Å². The summed E-state index contributed by atoms with van der Waals surface area (Å²) in [5.74, 6) is -0.986. The summed E-state index contributed by atoms with van der Waals surface area (Å²) in [4.78, 5) is 25.2.